The lowest BCUT2D eigenvalue weighted by atomic mass is 10.0. The van der Waals surface area contributed by atoms with Gasteiger partial charge in [0.15, 0.2) is 0 Å². The van der Waals surface area contributed by atoms with Gasteiger partial charge < -0.3 is 5.21 Å². The first-order valence-electron chi connectivity index (χ1n) is 2.23. The SMILES string of the molecule is CC1(F)CN(O)C1. The molecule has 2 nitrogen and oxygen atoms in total. The summed E-state index contributed by atoms with van der Waals surface area (Å²) in [5, 5.41) is 9.34. The molecule has 0 unspecified atom stereocenters. The van der Waals surface area contributed by atoms with Gasteiger partial charge in [-0.3, -0.25) is 0 Å². The van der Waals surface area contributed by atoms with Crippen molar-refractivity contribution in [3.8, 4) is 0 Å². The third-order valence-corrected chi connectivity index (χ3v) is 1.02. The normalized spacial score (nSPS) is 29.6. The summed E-state index contributed by atoms with van der Waals surface area (Å²) in [5.41, 5.74) is -1.13. The van der Waals surface area contributed by atoms with Crippen LogP contribution in [0.15, 0.2) is 0 Å². The fraction of sp³-hybridized carbons (Fsp3) is 1.00. The maximum atomic E-state index is 12.3. The highest BCUT2D eigenvalue weighted by Gasteiger charge is 2.37. The third-order valence-electron chi connectivity index (χ3n) is 1.02. The summed E-state index contributed by atoms with van der Waals surface area (Å²) in [4.78, 5) is 0. The zero-order valence-corrected chi connectivity index (χ0v) is 4.19. The molecule has 1 N–H and O–H groups in total. The van der Waals surface area contributed by atoms with E-state index in [0.717, 1.165) is 5.06 Å². The number of alkyl halides is 1. The average Bonchev–Trinajstić information content (AvgIpc) is 1.27. The third kappa shape index (κ3) is 0.894. The molecule has 0 saturated carbocycles. The lowest BCUT2D eigenvalue weighted by molar-refractivity contribution is -0.207. The Morgan fingerprint density at radius 1 is 1.71 bits per heavy atom. The van der Waals surface area contributed by atoms with Crippen LogP contribution in [0.4, 0.5) is 4.39 Å². The van der Waals surface area contributed by atoms with E-state index in [1.807, 2.05) is 0 Å². The second-order valence-corrected chi connectivity index (χ2v) is 2.24. The molecular formula is C4H8FNO. The maximum Gasteiger partial charge on any atom is 0.138 e. The molecule has 1 heterocycles. The Labute approximate surface area is 41.5 Å². The molecule has 1 aliphatic rings. The maximum absolute atomic E-state index is 12.3. The molecule has 1 saturated heterocycles. The van der Waals surface area contributed by atoms with Gasteiger partial charge in [0.2, 0.25) is 0 Å². The average molecular weight is 105 g/mol. The van der Waals surface area contributed by atoms with Crippen LogP contribution in [0, 0.1) is 0 Å². The highest BCUT2D eigenvalue weighted by molar-refractivity contribution is 4.86. The molecule has 42 valence electrons. The lowest BCUT2D eigenvalue weighted by Crippen LogP contribution is -2.55. The molecule has 0 aromatic heterocycles. The number of hydroxylamine groups is 2. The Bertz CT molecular complexity index is 75.8. The first-order chi connectivity index (χ1) is 3.10. The van der Waals surface area contributed by atoms with Gasteiger partial charge in [-0.05, 0) is 6.92 Å². The molecule has 1 aliphatic heterocycles. The molecular weight excluding hydrogens is 97.0 g/mol. The molecule has 0 aliphatic carbocycles. The van der Waals surface area contributed by atoms with Gasteiger partial charge >= 0.3 is 0 Å². The number of rotatable bonds is 0. The molecule has 0 atom stereocenters. The van der Waals surface area contributed by atoms with Crippen molar-refractivity contribution in [2.24, 2.45) is 0 Å². The van der Waals surface area contributed by atoms with Crippen LogP contribution in [-0.4, -0.2) is 29.0 Å². The van der Waals surface area contributed by atoms with Crippen LogP contribution in [0.3, 0.4) is 0 Å². The van der Waals surface area contributed by atoms with Gasteiger partial charge in [-0.1, -0.05) is 0 Å². The minimum Gasteiger partial charge on any atom is -0.314 e. The highest BCUT2D eigenvalue weighted by Crippen LogP contribution is 2.21. The molecule has 0 aromatic carbocycles. The van der Waals surface area contributed by atoms with Gasteiger partial charge in [0.1, 0.15) is 5.67 Å². The Hall–Kier alpha value is -0.150. The second-order valence-electron chi connectivity index (χ2n) is 2.24. The van der Waals surface area contributed by atoms with E-state index in [1.165, 1.54) is 6.92 Å². The standard InChI is InChI=1S/C4H8FNO/c1-4(5)2-6(7)3-4/h7H,2-3H2,1H3. The number of hydrogen-bond acceptors (Lipinski definition) is 2. The van der Waals surface area contributed by atoms with Crippen LogP contribution in [0.5, 0.6) is 0 Å². The Morgan fingerprint density at radius 3 is 2.14 bits per heavy atom. The van der Waals surface area contributed by atoms with E-state index in [1.54, 1.807) is 0 Å². The molecule has 7 heavy (non-hydrogen) atoms. The first-order valence-corrected chi connectivity index (χ1v) is 2.23. The number of halogens is 1. The van der Waals surface area contributed by atoms with Crippen molar-refractivity contribution in [2.45, 2.75) is 12.6 Å². The van der Waals surface area contributed by atoms with E-state index >= 15 is 0 Å². The molecule has 0 bridgehead atoms. The molecule has 1 fully saturated rings. The minimum atomic E-state index is -1.13. The summed E-state index contributed by atoms with van der Waals surface area (Å²) in [6, 6.07) is 0. The zero-order chi connectivity index (χ0) is 5.49. The predicted molar refractivity (Wildman–Crippen MR) is 22.9 cm³/mol. The second kappa shape index (κ2) is 1.17. The fourth-order valence-electron chi connectivity index (χ4n) is 0.715. The van der Waals surface area contributed by atoms with Crippen LogP contribution in [-0.2, 0) is 0 Å². The monoisotopic (exact) mass is 105 g/mol. The van der Waals surface area contributed by atoms with Crippen LogP contribution in [0.1, 0.15) is 6.92 Å². The summed E-state index contributed by atoms with van der Waals surface area (Å²) < 4.78 is 12.3. The molecule has 1 rings (SSSR count). The zero-order valence-electron chi connectivity index (χ0n) is 4.19. The summed E-state index contributed by atoms with van der Waals surface area (Å²) in [6.07, 6.45) is 0. The van der Waals surface area contributed by atoms with Crippen molar-refractivity contribution in [1.29, 1.82) is 0 Å². The van der Waals surface area contributed by atoms with Crippen molar-refractivity contribution in [3.63, 3.8) is 0 Å². The quantitative estimate of drug-likeness (QED) is 0.482. The van der Waals surface area contributed by atoms with Crippen LogP contribution >= 0.6 is 0 Å². The van der Waals surface area contributed by atoms with Crippen molar-refractivity contribution >= 4 is 0 Å². The van der Waals surface area contributed by atoms with E-state index in [2.05, 4.69) is 0 Å². The molecule has 0 radical (unpaired) electrons. The molecule has 0 aromatic rings. The van der Waals surface area contributed by atoms with E-state index < -0.39 is 5.67 Å². The highest BCUT2D eigenvalue weighted by atomic mass is 19.1. The largest absolute Gasteiger partial charge is 0.314 e. The van der Waals surface area contributed by atoms with Crippen molar-refractivity contribution in [2.75, 3.05) is 13.1 Å². The molecule has 0 spiro atoms. The fourth-order valence-corrected chi connectivity index (χ4v) is 0.715. The van der Waals surface area contributed by atoms with Crippen LogP contribution in [0.25, 0.3) is 0 Å². The van der Waals surface area contributed by atoms with Crippen LogP contribution in [0.2, 0.25) is 0 Å². The van der Waals surface area contributed by atoms with E-state index in [-0.39, 0.29) is 13.1 Å². The summed E-state index contributed by atoms with van der Waals surface area (Å²) in [6.45, 7) is 1.79. The summed E-state index contributed by atoms with van der Waals surface area (Å²) in [7, 11) is 0. The van der Waals surface area contributed by atoms with Gasteiger partial charge in [-0.2, -0.15) is 5.06 Å². The molecule has 3 heteroatoms. The molecule has 0 amide bonds. The predicted octanol–water partition coefficient (Wildman–Crippen LogP) is 0.419. The summed E-state index contributed by atoms with van der Waals surface area (Å²) in [5.74, 6) is 0. The number of nitrogens with zero attached hydrogens (tertiary/aromatic N) is 1. The first kappa shape index (κ1) is 5.00. The lowest BCUT2D eigenvalue weighted by Gasteiger charge is -2.37. The van der Waals surface area contributed by atoms with Crippen LogP contribution < -0.4 is 0 Å². The van der Waals surface area contributed by atoms with E-state index in [9.17, 15) is 4.39 Å². The smallest absolute Gasteiger partial charge is 0.138 e. The Morgan fingerprint density at radius 2 is 2.14 bits per heavy atom. The van der Waals surface area contributed by atoms with Gasteiger partial charge in [0.25, 0.3) is 0 Å². The Kier molecular flexibility index (Phi) is 0.834. The van der Waals surface area contributed by atoms with Crippen molar-refractivity contribution < 1.29 is 9.60 Å². The number of hydrogen-bond donors (Lipinski definition) is 1. The van der Waals surface area contributed by atoms with Gasteiger partial charge in [-0.25, -0.2) is 4.39 Å². The van der Waals surface area contributed by atoms with Gasteiger partial charge in [0.05, 0.1) is 13.1 Å². The van der Waals surface area contributed by atoms with Gasteiger partial charge in [-0.15, -0.1) is 0 Å². The van der Waals surface area contributed by atoms with E-state index in [4.69, 9.17) is 5.21 Å². The van der Waals surface area contributed by atoms with Crippen molar-refractivity contribution in [3.05, 3.63) is 0 Å². The minimum absolute atomic E-state index is 0.160. The Balaban J connectivity index is 2.29. The van der Waals surface area contributed by atoms with Gasteiger partial charge in [0, 0.05) is 0 Å². The summed E-state index contributed by atoms with van der Waals surface area (Å²) >= 11 is 0. The van der Waals surface area contributed by atoms with E-state index in [0.29, 0.717) is 0 Å². The van der Waals surface area contributed by atoms with Crippen molar-refractivity contribution in [1.82, 2.24) is 5.06 Å². The topological polar surface area (TPSA) is 23.5 Å².